The van der Waals surface area contributed by atoms with Gasteiger partial charge < -0.3 is 19.5 Å². The number of morpholine rings is 1. The van der Waals surface area contributed by atoms with E-state index in [0.717, 1.165) is 22.4 Å². The molecule has 2 aliphatic rings. The maximum absolute atomic E-state index is 13.2. The van der Waals surface area contributed by atoms with Gasteiger partial charge in [-0.2, -0.15) is 9.78 Å². The lowest BCUT2D eigenvalue weighted by molar-refractivity contribution is -0.120. The second-order valence-electron chi connectivity index (χ2n) is 12.3. The average Bonchev–Trinajstić information content (AvgIpc) is 3.52. The fourth-order valence-corrected chi connectivity index (χ4v) is 6.36. The van der Waals surface area contributed by atoms with Gasteiger partial charge in [0.05, 0.1) is 41.4 Å². The van der Waals surface area contributed by atoms with Crippen LogP contribution in [-0.2, 0) is 27.1 Å². The first-order valence-corrected chi connectivity index (χ1v) is 14.4. The molecule has 0 aromatic carbocycles. The van der Waals surface area contributed by atoms with Crippen LogP contribution in [-0.4, -0.2) is 87.9 Å². The average molecular weight is 572 g/mol. The molecule has 0 radical (unpaired) electrons. The monoisotopic (exact) mass is 571 g/mol. The van der Waals surface area contributed by atoms with E-state index in [9.17, 15) is 19.5 Å². The Hall–Kier alpha value is -3.22. The Kier molecular flexibility index (Phi) is 7.30. The normalized spacial score (nSPS) is 17.6. The van der Waals surface area contributed by atoms with Crippen LogP contribution >= 0.6 is 11.3 Å². The number of thiophene rings is 1. The van der Waals surface area contributed by atoms with Crippen LogP contribution in [0.4, 0.5) is 14.6 Å². The lowest BCUT2D eigenvalue weighted by Crippen LogP contribution is -2.43. The van der Waals surface area contributed by atoms with Crippen molar-refractivity contribution in [1.29, 1.82) is 0 Å². The maximum Gasteiger partial charge on any atom is 0.435 e. The smallest absolute Gasteiger partial charge is 0.435 e. The van der Waals surface area contributed by atoms with Gasteiger partial charge in [0, 0.05) is 25.7 Å². The lowest BCUT2D eigenvalue weighted by Gasteiger charge is -2.30. The van der Waals surface area contributed by atoms with Crippen molar-refractivity contribution in [3.63, 3.8) is 0 Å². The third kappa shape index (κ3) is 5.52. The van der Waals surface area contributed by atoms with Gasteiger partial charge in [-0.3, -0.25) is 9.69 Å². The first-order chi connectivity index (χ1) is 18.7. The van der Waals surface area contributed by atoms with E-state index in [1.165, 1.54) is 20.6 Å². The molecule has 5 rings (SSSR count). The minimum absolute atomic E-state index is 0.0353. The predicted octanol–water partition coefficient (Wildman–Crippen LogP) is 4.69. The predicted molar refractivity (Wildman–Crippen MR) is 153 cm³/mol. The van der Waals surface area contributed by atoms with Crippen LogP contribution in [0.25, 0.3) is 21.6 Å². The van der Waals surface area contributed by atoms with Crippen LogP contribution in [0.1, 0.15) is 52.3 Å². The summed E-state index contributed by atoms with van der Waals surface area (Å²) in [5.41, 5.74) is 2.25. The lowest BCUT2D eigenvalue weighted by atomic mass is 9.76. The topological polar surface area (TPSA) is 119 Å². The second kappa shape index (κ2) is 10.3. The van der Waals surface area contributed by atoms with Gasteiger partial charge in [-0.15, -0.1) is 11.3 Å². The molecular formula is C28H37N5O6S. The van der Waals surface area contributed by atoms with Crippen LogP contribution in [0.15, 0.2) is 12.1 Å². The first-order valence-electron chi connectivity index (χ1n) is 13.5. The highest BCUT2D eigenvalue weighted by Crippen LogP contribution is 2.42. The van der Waals surface area contributed by atoms with E-state index in [1.807, 2.05) is 0 Å². The molecule has 0 spiro atoms. The molecule has 0 saturated carbocycles. The molecule has 1 aliphatic carbocycles. The Morgan fingerprint density at radius 2 is 1.90 bits per heavy atom. The van der Waals surface area contributed by atoms with Gasteiger partial charge in [-0.1, -0.05) is 13.8 Å². The number of rotatable bonds is 4. The Bertz CT molecular complexity index is 1470. The third-order valence-electron chi connectivity index (χ3n) is 7.43. The van der Waals surface area contributed by atoms with Gasteiger partial charge in [0.2, 0.25) is 5.91 Å². The number of likely N-dealkylation sites (N-methyl/N-ethyl adjacent to an activating group) is 1. The number of carbonyl (C=O) groups is 3. The molecule has 11 nitrogen and oxygen atoms in total. The summed E-state index contributed by atoms with van der Waals surface area (Å²) in [5.74, 6) is -0.0688. The van der Waals surface area contributed by atoms with Crippen molar-refractivity contribution >= 4 is 44.6 Å². The van der Waals surface area contributed by atoms with Crippen LogP contribution < -0.4 is 4.90 Å². The summed E-state index contributed by atoms with van der Waals surface area (Å²) in [6.45, 7) is 12.6. The highest BCUT2D eigenvalue weighted by Gasteiger charge is 2.36. The quantitative estimate of drug-likeness (QED) is 0.479. The van der Waals surface area contributed by atoms with Gasteiger partial charge in [-0.25, -0.2) is 14.2 Å². The van der Waals surface area contributed by atoms with E-state index in [1.54, 1.807) is 44.9 Å². The number of ether oxygens (including phenoxy) is 2. The number of hydrogen-bond acceptors (Lipinski definition) is 8. The van der Waals surface area contributed by atoms with Crippen LogP contribution in [0, 0.1) is 5.41 Å². The van der Waals surface area contributed by atoms with Gasteiger partial charge in [-0.05, 0) is 57.6 Å². The zero-order chi connectivity index (χ0) is 29.0. The van der Waals surface area contributed by atoms with Crippen LogP contribution in [0.2, 0.25) is 0 Å². The van der Waals surface area contributed by atoms with Gasteiger partial charge in [0.1, 0.15) is 16.3 Å². The number of nitrogens with zero attached hydrogens (tertiary/aromatic N) is 5. The van der Waals surface area contributed by atoms with Gasteiger partial charge in [0.15, 0.2) is 0 Å². The van der Waals surface area contributed by atoms with Crippen molar-refractivity contribution in [3.8, 4) is 11.4 Å². The molecule has 1 amide bonds. The van der Waals surface area contributed by atoms with Crippen molar-refractivity contribution in [2.75, 3.05) is 44.8 Å². The minimum Gasteiger partial charge on any atom is -0.464 e. The molecule has 0 unspecified atom stereocenters. The highest BCUT2D eigenvalue weighted by atomic mass is 32.1. The molecule has 4 heterocycles. The Morgan fingerprint density at radius 1 is 1.20 bits per heavy atom. The number of hydrogen-bond donors (Lipinski definition) is 1. The summed E-state index contributed by atoms with van der Waals surface area (Å²) < 4.78 is 14.2. The summed E-state index contributed by atoms with van der Waals surface area (Å²) in [7, 11) is 1.71. The summed E-state index contributed by atoms with van der Waals surface area (Å²) in [6.07, 6.45) is 0.439. The molecule has 1 aliphatic heterocycles. The molecule has 1 fully saturated rings. The van der Waals surface area contributed by atoms with Gasteiger partial charge in [0.25, 0.3) is 0 Å². The molecule has 3 aromatic rings. The van der Waals surface area contributed by atoms with E-state index < -0.39 is 17.8 Å². The highest BCUT2D eigenvalue weighted by molar-refractivity contribution is 7.23. The van der Waals surface area contributed by atoms with E-state index in [0.29, 0.717) is 61.1 Å². The molecule has 40 heavy (non-hydrogen) atoms. The van der Waals surface area contributed by atoms with E-state index in [-0.39, 0.29) is 17.9 Å². The van der Waals surface area contributed by atoms with E-state index in [2.05, 4.69) is 23.8 Å². The fraction of sp³-hybridized carbons (Fsp3) is 0.571. The Morgan fingerprint density at radius 3 is 2.55 bits per heavy atom. The summed E-state index contributed by atoms with van der Waals surface area (Å²) in [5, 5.41) is 15.6. The summed E-state index contributed by atoms with van der Waals surface area (Å²) >= 11 is 1.35. The molecule has 0 atom stereocenters. The van der Waals surface area contributed by atoms with Crippen molar-refractivity contribution in [3.05, 3.63) is 23.4 Å². The van der Waals surface area contributed by atoms with Crippen molar-refractivity contribution in [2.24, 2.45) is 5.41 Å². The largest absolute Gasteiger partial charge is 0.464 e. The van der Waals surface area contributed by atoms with Crippen molar-refractivity contribution < 1.29 is 29.0 Å². The van der Waals surface area contributed by atoms with Crippen LogP contribution in [0.5, 0.6) is 0 Å². The number of carboxylic acid groups (broad SMARTS) is 1. The Balaban J connectivity index is 1.53. The standard InChI is InChI=1S/C28H37N5O6S/c1-27(2,3)39-26(37)33-20-15-28(4,5)8-7-17(20)24(29-33)19-13-21-18(32(19)25(35)36)14-23(40-21)30(6)22(34)16-31-9-11-38-12-10-31/h13-14H,7-12,15-16H2,1-6H3,(H,35,36). The molecule has 1 saturated heterocycles. The minimum atomic E-state index is -1.16. The first kappa shape index (κ1) is 28.3. The van der Waals surface area contributed by atoms with E-state index in [4.69, 9.17) is 9.47 Å². The SMILES string of the molecule is CN(C(=O)CN1CCOCC1)c1cc2c(cc(-c3nn(C(=O)OC(C)(C)C)c4c3CCC(C)(C)C4)n2C(=O)O)s1. The molecule has 12 heteroatoms. The number of amides is 1. The molecule has 0 bridgehead atoms. The van der Waals surface area contributed by atoms with Crippen LogP contribution in [0.3, 0.4) is 0 Å². The number of anilines is 1. The summed E-state index contributed by atoms with van der Waals surface area (Å²) in [4.78, 5) is 42.3. The maximum atomic E-state index is 13.2. The Labute approximate surface area is 237 Å². The fourth-order valence-electron chi connectivity index (χ4n) is 5.30. The number of aromatic nitrogens is 3. The van der Waals surface area contributed by atoms with Gasteiger partial charge >= 0.3 is 12.2 Å². The zero-order valence-electron chi connectivity index (χ0n) is 23.9. The second-order valence-corrected chi connectivity index (χ2v) is 13.4. The van der Waals surface area contributed by atoms with Crippen molar-refractivity contribution in [1.82, 2.24) is 19.2 Å². The summed E-state index contributed by atoms with van der Waals surface area (Å²) in [6, 6.07) is 3.52. The number of carbonyl (C=O) groups excluding carboxylic acids is 2. The molecular weight excluding hydrogens is 534 g/mol. The van der Waals surface area contributed by atoms with Crippen molar-refractivity contribution in [2.45, 2.75) is 59.5 Å². The molecule has 216 valence electrons. The van der Waals surface area contributed by atoms with E-state index >= 15 is 0 Å². The zero-order valence-corrected chi connectivity index (χ0v) is 24.8. The molecule has 3 aromatic heterocycles. The third-order valence-corrected chi connectivity index (χ3v) is 8.58. The molecule has 1 N–H and O–H groups in total. The number of fused-ring (bicyclic) bond motifs is 2.